The van der Waals surface area contributed by atoms with Gasteiger partial charge in [-0.3, -0.25) is 9.28 Å². The van der Waals surface area contributed by atoms with E-state index in [2.05, 4.69) is 36.6 Å². The summed E-state index contributed by atoms with van der Waals surface area (Å²) in [7, 11) is 0. The number of hydrogen-bond acceptors (Lipinski definition) is 2. The smallest absolute Gasteiger partial charge is 0.280 e. The lowest BCUT2D eigenvalue weighted by atomic mass is 10.2. The SMILES string of the molecule is CC[N+](CC)(CC(=O)Nc1ccc(Nc2ccccc2)cc1)c1ccccc1. The van der Waals surface area contributed by atoms with Gasteiger partial charge in [0.1, 0.15) is 5.69 Å². The number of para-hydroxylation sites is 2. The van der Waals surface area contributed by atoms with E-state index >= 15 is 0 Å². The highest BCUT2D eigenvalue weighted by Crippen LogP contribution is 2.23. The fourth-order valence-corrected chi connectivity index (χ4v) is 3.45. The van der Waals surface area contributed by atoms with E-state index in [0.717, 1.165) is 30.2 Å². The van der Waals surface area contributed by atoms with E-state index in [4.69, 9.17) is 0 Å². The zero-order valence-corrected chi connectivity index (χ0v) is 16.6. The lowest BCUT2D eigenvalue weighted by molar-refractivity contribution is -0.117. The Kier molecular flexibility index (Phi) is 6.45. The van der Waals surface area contributed by atoms with Gasteiger partial charge in [0.2, 0.25) is 0 Å². The highest BCUT2D eigenvalue weighted by Gasteiger charge is 2.29. The molecule has 144 valence electrons. The molecule has 0 heterocycles. The average molecular weight is 375 g/mol. The number of anilines is 3. The van der Waals surface area contributed by atoms with Gasteiger partial charge in [-0.25, -0.2) is 0 Å². The van der Waals surface area contributed by atoms with Gasteiger partial charge in [0.15, 0.2) is 6.54 Å². The molecule has 2 N–H and O–H groups in total. The van der Waals surface area contributed by atoms with E-state index in [9.17, 15) is 4.79 Å². The maximum atomic E-state index is 12.8. The Morgan fingerprint density at radius 3 is 1.79 bits per heavy atom. The molecule has 0 unspecified atom stereocenters. The van der Waals surface area contributed by atoms with E-state index in [1.807, 2.05) is 72.8 Å². The molecule has 0 aliphatic carbocycles. The number of rotatable bonds is 8. The van der Waals surface area contributed by atoms with Crippen LogP contribution in [0.1, 0.15) is 13.8 Å². The van der Waals surface area contributed by atoms with Crippen LogP contribution in [0, 0.1) is 0 Å². The molecule has 0 aliphatic heterocycles. The van der Waals surface area contributed by atoms with Crippen LogP contribution < -0.4 is 15.1 Å². The molecule has 0 saturated carbocycles. The summed E-state index contributed by atoms with van der Waals surface area (Å²) in [6, 6.07) is 28.1. The summed E-state index contributed by atoms with van der Waals surface area (Å²) < 4.78 is 0.639. The van der Waals surface area contributed by atoms with E-state index < -0.39 is 0 Å². The molecule has 0 atom stereocenters. The lowest BCUT2D eigenvalue weighted by Crippen LogP contribution is -2.53. The number of amides is 1. The van der Waals surface area contributed by atoms with Crippen molar-refractivity contribution in [3.05, 3.63) is 84.9 Å². The molecule has 0 bridgehead atoms. The Balaban J connectivity index is 1.65. The third kappa shape index (κ3) is 4.78. The zero-order chi connectivity index (χ0) is 19.8. The molecule has 3 aromatic rings. The summed E-state index contributed by atoms with van der Waals surface area (Å²) in [5, 5.41) is 6.39. The van der Waals surface area contributed by atoms with E-state index in [0.29, 0.717) is 11.0 Å². The van der Waals surface area contributed by atoms with Gasteiger partial charge in [0.25, 0.3) is 5.91 Å². The normalized spacial score (nSPS) is 11.1. The maximum Gasteiger partial charge on any atom is 0.280 e. The maximum absolute atomic E-state index is 12.8. The van der Waals surface area contributed by atoms with Crippen LogP contribution >= 0.6 is 0 Å². The molecule has 0 aromatic heterocycles. The monoisotopic (exact) mass is 374 g/mol. The van der Waals surface area contributed by atoms with Crippen LogP contribution in [0.3, 0.4) is 0 Å². The Labute approximate surface area is 167 Å². The predicted molar refractivity (Wildman–Crippen MR) is 119 cm³/mol. The van der Waals surface area contributed by atoms with Gasteiger partial charge in [0, 0.05) is 17.1 Å². The Morgan fingerprint density at radius 1 is 0.714 bits per heavy atom. The second-order valence-corrected chi connectivity index (χ2v) is 6.89. The van der Waals surface area contributed by atoms with E-state index in [-0.39, 0.29) is 5.91 Å². The second-order valence-electron chi connectivity index (χ2n) is 6.89. The van der Waals surface area contributed by atoms with Crippen molar-refractivity contribution in [2.24, 2.45) is 0 Å². The first-order valence-electron chi connectivity index (χ1n) is 9.79. The number of nitrogens with one attached hydrogen (secondary N) is 2. The van der Waals surface area contributed by atoms with Gasteiger partial charge >= 0.3 is 0 Å². The van der Waals surface area contributed by atoms with Crippen molar-refractivity contribution in [3.8, 4) is 0 Å². The number of quaternary nitrogens is 1. The van der Waals surface area contributed by atoms with Gasteiger partial charge in [-0.1, -0.05) is 36.4 Å². The third-order valence-corrected chi connectivity index (χ3v) is 5.19. The molecule has 3 rings (SSSR count). The van der Waals surface area contributed by atoms with Gasteiger partial charge < -0.3 is 10.6 Å². The second kappa shape index (κ2) is 9.20. The van der Waals surface area contributed by atoms with Crippen molar-refractivity contribution < 1.29 is 4.79 Å². The van der Waals surface area contributed by atoms with E-state index in [1.165, 1.54) is 5.69 Å². The van der Waals surface area contributed by atoms with Crippen LogP contribution in [0.15, 0.2) is 84.9 Å². The van der Waals surface area contributed by atoms with E-state index in [1.54, 1.807) is 0 Å². The highest BCUT2D eigenvalue weighted by atomic mass is 16.2. The summed E-state index contributed by atoms with van der Waals surface area (Å²) in [4.78, 5) is 12.8. The predicted octanol–water partition coefficient (Wildman–Crippen LogP) is 5.42. The standard InChI is InChI=1S/C24H27N3O/c1-3-27(4-2,23-13-9-6-10-14-23)19-24(28)26-22-17-15-21(16-18-22)25-20-11-7-5-8-12-20/h5-18,25H,3-4,19H2,1-2H3/p+1. The van der Waals surface area contributed by atoms with Crippen molar-refractivity contribution in [1.82, 2.24) is 4.48 Å². The van der Waals surface area contributed by atoms with Crippen molar-refractivity contribution in [2.45, 2.75) is 13.8 Å². The minimum atomic E-state index is 0.0244. The summed E-state index contributed by atoms with van der Waals surface area (Å²) in [6.45, 7) is 6.42. The topological polar surface area (TPSA) is 41.1 Å². The fourth-order valence-electron chi connectivity index (χ4n) is 3.45. The number of carbonyl (C=O) groups excluding carboxylic acids is 1. The quantitative estimate of drug-likeness (QED) is 0.517. The molecule has 0 saturated heterocycles. The Morgan fingerprint density at radius 2 is 1.21 bits per heavy atom. The lowest BCUT2D eigenvalue weighted by Gasteiger charge is -2.35. The van der Waals surface area contributed by atoms with Crippen LogP contribution in [-0.4, -0.2) is 25.5 Å². The highest BCUT2D eigenvalue weighted by molar-refractivity contribution is 5.93. The molecule has 4 heteroatoms. The minimum Gasteiger partial charge on any atom is -0.356 e. The number of likely N-dealkylation sites (N-methyl/N-ethyl adjacent to an activating group) is 1. The van der Waals surface area contributed by atoms with Crippen LogP contribution in [0.4, 0.5) is 22.7 Å². The minimum absolute atomic E-state index is 0.0244. The number of carbonyl (C=O) groups is 1. The number of benzene rings is 3. The molecular weight excluding hydrogens is 346 g/mol. The molecular formula is C24H28N3O+. The molecule has 4 nitrogen and oxygen atoms in total. The van der Waals surface area contributed by atoms with Crippen LogP contribution in [0.5, 0.6) is 0 Å². The Hall–Kier alpha value is -3.11. The molecule has 28 heavy (non-hydrogen) atoms. The van der Waals surface area contributed by atoms with Crippen LogP contribution in [0.25, 0.3) is 0 Å². The van der Waals surface area contributed by atoms with Crippen LogP contribution in [0.2, 0.25) is 0 Å². The van der Waals surface area contributed by atoms with Crippen molar-refractivity contribution in [2.75, 3.05) is 30.3 Å². The Bertz CT molecular complexity index is 873. The average Bonchev–Trinajstić information content (AvgIpc) is 2.75. The molecule has 0 radical (unpaired) electrons. The zero-order valence-electron chi connectivity index (χ0n) is 16.6. The largest absolute Gasteiger partial charge is 0.356 e. The van der Waals surface area contributed by atoms with Gasteiger partial charge in [-0.05, 0) is 62.4 Å². The van der Waals surface area contributed by atoms with Crippen molar-refractivity contribution in [3.63, 3.8) is 0 Å². The third-order valence-electron chi connectivity index (χ3n) is 5.19. The fraction of sp³-hybridized carbons (Fsp3) is 0.208. The first kappa shape index (κ1) is 19.6. The summed E-state index contributed by atoms with van der Waals surface area (Å²) >= 11 is 0. The van der Waals surface area contributed by atoms with Gasteiger partial charge in [-0.2, -0.15) is 0 Å². The molecule has 3 aromatic carbocycles. The first-order valence-corrected chi connectivity index (χ1v) is 9.79. The van der Waals surface area contributed by atoms with Gasteiger partial charge in [-0.15, -0.1) is 0 Å². The van der Waals surface area contributed by atoms with Crippen molar-refractivity contribution >= 4 is 28.7 Å². The van der Waals surface area contributed by atoms with Crippen molar-refractivity contribution in [1.29, 1.82) is 0 Å². The molecule has 0 aliphatic rings. The summed E-state index contributed by atoms with van der Waals surface area (Å²) in [5.74, 6) is 0.0244. The number of nitrogens with zero attached hydrogens (tertiary/aromatic N) is 1. The molecule has 0 spiro atoms. The van der Waals surface area contributed by atoms with Gasteiger partial charge in [0.05, 0.1) is 13.1 Å². The number of hydrogen-bond donors (Lipinski definition) is 2. The summed E-state index contributed by atoms with van der Waals surface area (Å²) in [5.41, 5.74) is 4.00. The molecule has 1 amide bonds. The van der Waals surface area contributed by atoms with Crippen LogP contribution in [-0.2, 0) is 4.79 Å². The first-order chi connectivity index (χ1) is 13.6. The molecule has 0 fully saturated rings. The summed E-state index contributed by atoms with van der Waals surface area (Å²) in [6.07, 6.45) is 0.